The molecular formula is C18H24N4O3. The van der Waals surface area contributed by atoms with Crippen molar-refractivity contribution in [1.29, 1.82) is 0 Å². The molecule has 7 nitrogen and oxygen atoms in total. The van der Waals surface area contributed by atoms with Crippen molar-refractivity contribution in [3.05, 3.63) is 42.2 Å². The molecule has 7 heteroatoms. The van der Waals surface area contributed by atoms with E-state index in [1.165, 1.54) is 0 Å². The molecule has 0 radical (unpaired) electrons. The van der Waals surface area contributed by atoms with Crippen molar-refractivity contribution in [3.8, 4) is 11.5 Å². The molecule has 0 spiro atoms. The third kappa shape index (κ3) is 5.36. The van der Waals surface area contributed by atoms with Gasteiger partial charge in [0.05, 0.1) is 26.1 Å². The number of amides is 1. The number of nitrogens with zero attached hydrogens (tertiary/aromatic N) is 2. The maximum atomic E-state index is 12.0. The van der Waals surface area contributed by atoms with Crippen molar-refractivity contribution < 1.29 is 14.3 Å². The molecule has 0 fully saturated rings. The molecule has 0 bridgehead atoms. The van der Waals surface area contributed by atoms with Crippen LogP contribution in [0.4, 0.5) is 11.4 Å². The molecule has 2 N–H and O–H groups in total. The van der Waals surface area contributed by atoms with Gasteiger partial charge in [-0.3, -0.25) is 4.79 Å². The number of carbonyl (C=O) groups excluding carboxylic acids is 1. The van der Waals surface area contributed by atoms with Crippen molar-refractivity contribution in [2.24, 2.45) is 0 Å². The summed E-state index contributed by atoms with van der Waals surface area (Å²) in [6.45, 7) is 1.36. The average Bonchev–Trinajstić information content (AvgIpc) is 2.61. The lowest BCUT2D eigenvalue weighted by Gasteiger charge is -2.12. The Bertz CT molecular complexity index is 702. The van der Waals surface area contributed by atoms with Gasteiger partial charge in [-0.1, -0.05) is 0 Å². The fourth-order valence-corrected chi connectivity index (χ4v) is 2.17. The highest BCUT2D eigenvalue weighted by molar-refractivity contribution is 5.92. The van der Waals surface area contributed by atoms with Gasteiger partial charge in [-0.15, -0.1) is 0 Å². The van der Waals surface area contributed by atoms with Crippen molar-refractivity contribution in [2.45, 2.75) is 0 Å². The molecule has 0 aliphatic heterocycles. The largest absolute Gasteiger partial charge is 0.493 e. The van der Waals surface area contributed by atoms with Crippen LogP contribution < -0.4 is 20.1 Å². The molecule has 0 unspecified atom stereocenters. The molecule has 0 saturated heterocycles. The van der Waals surface area contributed by atoms with Gasteiger partial charge >= 0.3 is 0 Å². The summed E-state index contributed by atoms with van der Waals surface area (Å²) in [6.07, 6.45) is 1.62. The minimum Gasteiger partial charge on any atom is -0.493 e. The minimum absolute atomic E-state index is 0.181. The van der Waals surface area contributed by atoms with Crippen molar-refractivity contribution >= 4 is 17.3 Å². The van der Waals surface area contributed by atoms with Gasteiger partial charge in [0, 0.05) is 24.8 Å². The van der Waals surface area contributed by atoms with Gasteiger partial charge in [-0.25, -0.2) is 4.98 Å². The van der Waals surface area contributed by atoms with Gasteiger partial charge in [0.15, 0.2) is 11.5 Å². The van der Waals surface area contributed by atoms with Crippen LogP contribution in [0.5, 0.6) is 11.5 Å². The van der Waals surface area contributed by atoms with Crippen LogP contribution in [-0.4, -0.2) is 57.2 Å². The second-order valence-corrected chi connectivity index (χ2v) is 5.69. The summed E-state index contributed by atoms with van der Waals surface area (Å²) in [6, 6.07) is 9.03. The molecule has 2 rings (SSSR count). The van der Waals surface area contributed by atoms with E-state index in [1.807, 2.05) is 43.3 Å². The van der Waals surface area contributed by atoms with E-state index in [0.717, 1.165) is 17.9 Å². The molecule has 0 atom stereocenters. The van der Waals surface area contributed by atoms with E-state index >= 15 is 0 Å². The number of carbonyl (C=O) groups is 1. The minimum atomic E-state index is -0.181. The lowest BCUT2D eigenvalue weighted by atomic mass is 10.2. The van der Waals surface area contributed by atoms with Crippen molar-refractivity contribution in [3.63, 3.8) is 0 Å². The number of aromatic nitrogens is 1. The van der Waals surface area contributed by atoms with Crippen LogP contribution >= 0.6 is 0 Å². The Morgan fingerprint density at radius 2 is 1.80 bits per heavy atom. The van der Waals surface area contributed by atoms with E-state index < -0.39 is 0 Å². The van der Waals surface area contributed by atoms with Gasteiger partial charge < -0.3 is 25.0 Å². The number of nitrogens with one attached hydrogen (secondary N) is 2. The summed E-state index contributed by atoms with van der Waals surface area (Å²) in [5, 5.41) is 6.05. The molecular weight excluding hydrogens is 320 g/mol. The summed E-state index contributed by atoms with van der Waals surface area (Å²) >= 11 is 0. The predicted molar refractivity (Wildman–Crippen MR) is 98.0 cm³/mol. The Balaban J connectivity index is 1.99. The van der Waals surface area contributed by atoms with E-state index in [9.17, 15) is 4.79 Å². The Kier molecular flexibility index (Phi) is 6.59. The molecule has 1 aromatic heterocycles. The topological polar surface area (TPSA) is 75.7 Å². The number of hydrogen-bond donors (Lipinski definition) is 2. The Labute approximate surface area is 148 Å². The maximum absolute atomic E-state index is 12.0. The molecule has 25 heavy (non-hydrogen) atoms. The predicted octanol–water partition coefficient (Wildman–Crippen LogP) is 2.13. The molecule has 0 saturated carbocycles. The number of likely N-dealkylation sites (N-methyl/N-ethyl adjacent to an activating group) is 1. The highest BCUT2D eigenvalue weighted by atomic mass is 16.5. The summed E-state index contributed by atoms with van der Waals surface area (Å²) in [4.78, 5) is 18.2. The van der Waals surface area contributed by atoms with Crippen LogP contribution in [0.2, 0.25) is 0 Å². The molecule has 134 valence electrons. The second-order valence-electron chi connectivity index (χ2n) is 5.69. The molecule has 1 amide bonds. The van der Waals surface area contributed by atoms with Crippen LogP contribution in [0, 0.1) is 0 Å². The first-order valence-electron chi connectivity index (χ1n) is 7.91. The zero-order chi connectivity index (χ0) is 18.2. The van der Waals surface area contributed by atoms with Crippen LogP contribution in [0.3, 0.4) is 0 Å². The number of ether oxygens (including phenoxy) is 2. The van der Waals surface area contributed by atoms with E-state index in [-0.39, 0.29) is 5.91 Å². The number of pyridine rings is 1. The zero-order valence-corrected chi connectivity index (χ0v) is 15.0. The fraction of sp³-hybridized carbons (Fsp3) is 0.333. The van der Waals surface area contributed by atoms with E-state index in [2.05, 4.69) is 15.6 Å². The molecule has 0 aliphatic carbocycles. The summed E-state index contributed by atoms with van der Waals surface area (Å²) in [5.74, 6) is 1.12. The Hall–Kier alpha value is -2.80. The van der Waals surface area contributed by atoms with Crippen LogP contribution in [0.25, 0.3) is 0 Å². The standard InChI is InChI=1S/C18H24N4O3/c1-22(2)10-9-19-18(23)15-7-5-14(12-20-15)21-13-6-8-16(24-3)17(11-13)25-4/h5-8,11-12,21H,9-10H2,1-4H3,(H,19,23). The lowest BCUT2D eigenvalue weighted by Crippen LogP contribution is -2.31. The lowest BCUT2D eigenvalue weighted by molar-refractivity contribution is 0.0946. The van der Waals surface area contributed by atoms with Crippen molar-refractivity contribution in [2.75, 3.05) is 46.7 Å². The van der Waals surface area contributed by atoms with E-state index in [1.54, 1.807) is 26.5 Å². The Morgan fingerprint density at radius 1 is 1.08 bits per heavy atom. The van der Waals surface area contributed by atoms with Gasteiger partial charge in [0.25, 0.3) is 5.91 Å². The zero-order valence-electron chi connectivity index (χ0n) is 15.0. The first-order valence-corrected chi connectivity index (χ1v) is 7.91. The number of hydrogen-bond acceptors (Lipinski definition) is 6. The third-order valence-corrected chi connectivity index (χ3v) is 3.51. The highest BCUT2D eigenvalue weighted by Crippen LogP contribution is 2.30. The number of methoxy groups -OCH3 is 2. The van der Waals surface area contributed by atoms with Crippen LogP contribution in [0.15, 0.2) is 36.5 Å². The summed E-state index contributed by atoms with van der Waals surface area (Å²) in [5.41, 5.74) is 2.00. The molecule has 1 aromatic carbocycles. The maximum Gasteiger partial charge on any atom is 0.269 e. The SMILES string of the molecule is COc1ccc(Nc2ccc(C(=O)NCCN(C)C)nc2)cc1OC. The first kappa shape index (κ1) is 18.5. The second kappa shape index (κ2) is 8.89. The monoisotopic (exact) mass is 344 g/mol. The highest BCUT2D eigenvalue weighted by Gasteiger charge is 2.08. The molecule has 2 aromatic rings. The average molecular weight is 344 g/mol. The van der Waals surface area contributed by atoms with E-state index in [0.29, 0.717) is 23.7 Å². The fourth-order valence-electron chi connectivity index (χ4n) is 2.17. The van der Waals surface area contributed by atoms with Gasteiger partial charge in [-0.05, 0) is 38.4 Å². The van der Waals surface area contributed by atoms with Crippen LogP contribution in [-0.2, 0) is 0 Å². The number of anilines is 2. The number of rotatable bonds is 8. The van der Waals surface area contributed by atoms with Gasteiger partial charge in [0.2, 0.25) is 0 Å². The first-order chi connectivity index (χ1) is 12.0. The summed E-state index contributed by atoms with van der Waals surface area (Å²) < 4.78 is 10.5. The third-order valence-electron chi connectivity index (χ3n) is 3.51. The summed E-state index contributed by atoms with van der Waals surface area (Å²) in [7, 11) is 7.10. The smallest absolute Gasteiger partial charge is 0.269 e. The Morgan fingerprint density at radius 3 is 2.40 bits per heavy atom. The number of benzene rings is 1. The molecule has 0 aliphatic rings. The quantitative estimate of drug-likeness (QED) is 0.764. The van der Waals surface area contributed by atoms with E-state index in [4.69, 9.17) is 9.47 Å². The van der Waals surface area contributed by atoms with Crippen molar-refractivity contribution in [1.82, 2.24) is 15.2 Å². The van der Waals surface area contributed by atoms with Gasteiger partial charge in [0.1, 0.15) is 5.69 Å². The normalized spacial score (nSPS) is 10.4. The molecule has 1 heterocycles. The van der Waals surface area contributed by atoms with Crippen LogP contribution in [0.1, 0.15) is 10.5 Å². The van der Waals surface area contributed by atoms with Gasteiger partial charge in [-0.2, -0.15) is 0 Å².